The lowest BCUT2D eigenvalue weighted by Crippen LogP contribution is -2.12. The van der Waals surface area contributed by atoms with Gasteiger partial charge in [0.2, 0.25) is 0 Å². The van der Waals surface area contributed by atoms with Crippen LogP contribution in [0.2, 0.25) is 0 Å². The summed E-state index contributed by atoms with van der Waals surface area (Å²) in [4.78, 5) is 15.1. The van der Waals surface area contributed by atoms with E-state index < -0.39 is 23.7 Å². The molecule has 0 bridgehead atoms. The van der Waals surface area contributed by atoms with E-state index in [2.05, 4.69) is 9.72 Å². The van der Waals surface area contributed by atoms with E-state index in [1.165, 1.54) is 0 Å². The first-order chi connectivity index (χ1) is 8.54. The molecule has 4 nitrogen and oxygen atoms in total. The van der Waals surface area contributed by atoms with E-state index in [0.717, 1.165) is 6.07 Å². The van der Waals surface area contributed by atoms with Crippen LogP contribution in [0.15, 0.2) is 6.07 Å². The number of halogens is 3. The molecule has 0 saturated carbocycles. The zero-order chi connectivity index (χ0) is 13.7. The molecular weight excluding hydrogens is 266 g/mol. The van der Waals surface area contributed by atoms with Crippen molar-refractivity contribution < 1.29 is 18.3 Å². The number of aromatic nitrogens is 1. The Labute approximate surface area is 107 Å². The molecule has 0 aliphatic rings. The highest BCUT2D eigenvalue weighted by Crippen LogP contribution is 2.24. The molecule has 1 heterocycles. The molecule has 0 amide bonds. The first-order valence-corrected chi connectivity index (χ1v) is 5.53. The number of carbonyl (C=O) groups is 1. The predicted molar refractivity (Wildman–Crippen MR) is 59.4 cm³/mol. The van der Waals surface area contributed by atoms with Crippen molar-refractivity contribution in [1.29, 1.82) is 5.26 Å². The van der Waals surface area contributed by atoms with Crippen molar-refractivity contribution in [3.05, 3.63) is 28.6 Å². The van der Waals surface area contributed by atoms with E-state index in [0.29, 0.717) is 0 Å². The van der Waals surface area contributed by atoms with Gasteiger partial charge in [-0.15, -0.1) is 11.6 Å². The molecule has 1 rings (SSSR count). The Bertz CT molecular complexity index is 501. The molecule has 0 fully saturated rings. The van der Waals surface area contributed by atoms with E-state index in [-0.39, 0.29) is 23.7 Å². The first kappa shape index (κ1) is 14.3. The first-order valence-electron chi connectivity index (χ1n) is 5.00. The van der Waals surface area contributed by atoms with Gasteiger partial charge < -0.3 is 4.74 Å². The van der Waals surface area contributed by atoms with Crippen LogP contribution in [0.25, 0.3) is 0 Å². The molecule has 1 aromatic heterocycles. The normalized spacial score (nSPS) is 10.2. The molecule has 0 atom stereocenters. The number of pyridine rings is 1. The highest BCUT2D eigenvalue weighted by molar-refractivity contribution is 6.17. The van der Waals surface area contributed by atoms with Crippen LogP contribution in [0.5, 0.6) is 0 Å². The number of alkyl halides is 3. The fourth-order valence-corrected chi connectivity index (χ4v) is 1.51. The van der Waals surface area contributed by atoms with Crippen molar-refractivity contribution in [3.63, 3.8) is 0 Å². The summed E-state index contributed by atoms with van der Waals surface area (Å²) in [6.07, 6.45) is -2.95. The number of hydrogen-bond donors (Lipinski definition) is 0. The van der Waals surface area contributed by atoms with Crippen molar-refractivity contribution in [2.75, 3.05) is 6.61 Å². The van der Waals surface area contributed by atoms with Crippen LogP contribution in [0.4, 0.5) is 8.78 Å². The molecule has 0 aliphatic carbocycles. The monoisotopic (exact) mass is 274 g/mol. The van der Waals surface area contributed by atoms with Crippen molar-refractivity contribution >= 4 is 17.6 Å². The smallest absolute Gasteiger partial charge is 0.340 e. The Morgan fingerprint density at radius 1 is 1.67 bits per heavy atom. The van der Waals surface area contributed by atoms with Crippen molar-refractivity contribution in [2.24, 2.45) is 0 Å². The van der Waals surface area contributed by atoms with Gasteiger partial charge in [-0.3, -0.25) is 0 Å². The van der Waals surface area contributed by atoms with E-state index in [1.54, 1.807) is 13.0 Å². The topological polar surface area (TPSA) is 63.0 Å². The lowest BCUT2D eigenvalue weighted by molar-refractivity contribution is 0.0513. The highest BCUT2D eigenvalue weighted by Gasteiger charge is 2.23. The number of esters is 1. The van der Waals surface area contributed by atoms with E-state index >= 15 is 0 Å². The minimum absolute atomic E-state index is 0.0162. The molecule has 0 saturated heterocycles. The fraction of sp³-hybridized carbons (Fsp3) is 0.364. The molecule has 18 heavy (non-hydrogen) atoms. The summed E-state index contributed by atoms with van der Waals surface area (Å²) in [5.74, 6) is -1.12. The van der Waals surface area contributed by atoms with Gasteiger partial charge in [-0.1, -0.05) is 0 Å². The van der Waals surface area contributed by atoms with Crippen LogP contribution in [0.1, 0.15) is 40.7 Å². The molecule has 1 aromatic rings. The number of nitrogens with zero attached hydrogens (tertiary/aromatic N) is 2. The van der Waals surface area contributed by atoms with Crippen molar-refractivity contribution in [1.82, 2.24) is 4.98 Å². The van der Waals surface area contributed by atoms with Crippen LogP contribution in [0, 0.1) is 11.3 Å². The molecule has 0 aromatic carbocycles. The number of nitriles is 1. The van der Waals surface area contributed by atoms with Gasteiger partial charge in [-0.25, -0.2) is 18.6 Å². The molecule has 0 radical (unpaired) electrons. The maximum atomic E-state index is 12.8. The van der Waals surface area contributed by atoms with Gasteiger partial charge in [-0.2, -0.15) is 5.26 Å². The van der Waals surface area contributed by atoms with Crippen LogP contribution in [0.3, 0.4) is 0 Å². The Kier molecular flexibility index (Phi) is 4.98. The van der Waals surface area contributed by atoms with Gasteiger partial charge in [0.1, 0.15) is 11.8 Å². The van der Waals surface area contributed by atoms with E-state index in [9.17, 15) is 13.6 Å². The average Bonchev–Trinajstić information content (AvgIpc) is 2.37. The summed E-state index contributed by atoms with van der Waals surface area (Å²) < 4.78 is 30.2. The maximum absolute atomic E-state index is 12.8. The minimum Gasteiger partial charge on any atom is -0.462 e. The maximum Gasteiger partial charge on any atom is 0.340 e. The molecule has 0 N–H and O–H groups in total. The zero-order valence-corrected chi connectivity index (χ0v) is 10.2. The van der Waals surface area contributed by atoms with Gasteiger partial charge >= 0.3 is 5.97 Å². The second-order valence-electron chi connectivity index (χ2n) is 3.18. The zero-order valence-electron chi connectivity index (χ0n) is 9.41. The lowest BCUT2D eigenvalue weighted by atomic mass is 10.1. The Morgan fingerprint density at radius 3 is 2.78 bits per heavy atom. The number of ether oxygens (including phenoxy) is 1. The third-order valence-electron chi connectivity index (χ3n) is 2.08. The second-order valence-corrected chi connectivity index (χ2v) is 3.45. The van der Waals surface area contributed by atoms with E-state index in [4.69, 9.17) is 16.9 Å². The van der Waals surface area contributed by atoms with Crippen molar-refractivity contribution in [2.45, 2.75) is 19.2 Å². The van der Waals surface area contributed by atoms with Gasteiger partial charge in [-0.05, 0) is 13.0 Å². The molecule has 96 valence electrons. The van der Waals surface area contributed by atoms with E-state index in [1.807, 2.05) is 0 Å². The van der Waals surface area contributed by atoms with Crippen molar-refractivity contribution in [3.8, 4) is 6.07 Å². The minimum atomic E-state index is -2.95. The number of hydrogen-bond acceptors (Lipinski definition) is 4. The molecular formula is C11H9ClF2N2O2. The Morgan fingerprint density at radius 2 is 2.33 bits per heavy atom. The number of rotatable bonds is 4. The quantitative estimate of drug-likeness (QED) is 0.625. The summed E-state index contributed by atoms with van der Waals surface area (Å²) in [5, 5.41) is 8.83. The van der Waals surface area contributed by atoms with Gasteiger partial charge in [0.05, 0.1) is 29.3 Å². The van der Waals surface area contributed by atoms with Crippen LogP contribution < -0.4 is 0 Å². The molecule has 7 heteroatoms. The van der Waals surface area contributed by atoms with Crippen LogP contribution in [-0.4, -0.2) is 17.6 Å². The second kappa shape index (κ2) is 6.26. The van der Waals surface area contributed by atoms with Gasteiger partial charge in [0, 0.05) is 0 Å². The molecule has 0 aliphatic heterocycles. The predicted octanol–water partition coefficient (Wildman–Crippen LogP) is 2.81. The third-order valence-corrected chi connectivity index (χ3v) is 2.33. The summed E-state index contributed by atoms with van der Waals surface area (Å²) in [6.45, 7) is 1.59. The van der Waals surface area contributed by atoms with Gasteiger partial charge in [0.15, 0.2) is 0 Å². The number of carbonyl (C=O) groups excluding carboxylic acids is 1. The highest BCUT2D eigenvalue weighted by atomic mass is 35.5. The Balaban J connectivity index is 3.39. The summed E-state index contributed by atoms with van der Waals surface area (Å²) in [5.41, 5.74) is -1.12. The Hall–Kier alpha value is -1.74. The largest absolute Gasteiger partial charge is 0.462 e. The lowest BCUT2D eigenvalue weighted by Gasteiger charge is -2.10. The SMILES string of the molecule is CCOC(=O)c1cc(C#N)c(CCl)nc1C(F)F. The van der Waals surface area contributed by atoms with Gasteiger partial charge in [0.25, 0.3) is 6.43 Å². The summed E-state index contributed by atoms with van der Waals surface area (Å²) in [6, 6.07) is 2.78. The molecule has 0 unspecified atom stereocenters. The molecule has 0 spiro atoms. The fourth-order valence-electron chi connectivity index (χ4n) is 1.30. The standard InChI is InChI=1S/C11H9ClF2N2O2/c1-2-18-11(17)7-3-6(5-15)8(4-12)16-9(7)10(13)14/h3,10H,2,4H2,1H3. The summed E-state index contributed by atoms with van der Waals surface area (Å²) in [7, 11) is 0. The van der Waals surface area contributed by atoms with Crippen LogP contribution >= 0.6 is 11.6 Å². The summed E-state index contributed by atoms with van der Waals surface area (Å²) >= 11 is 5.51. The van der Waals surface area contributed by atoms with Crippen LogP contribution in [-0.2, 0) is 10.6 Å². The third kappa shape index (κ3) is 2.93. The average molecular weight is 275 g/mol.